The summed E-state index contributed by atoms with van der Waals surface area (Å²) in [4.78, 5) is 12.8. The number of nitrogens with one attached hydrogen (secondary N) is 2. The van der Waals surface area contributed by atoms with Crippen LogP contribution in [0.15, 0.2) is 68.7 Å². The van der Waals surface area contributed by atoms with Gasteiger partial charge in [-0.3, -0.25) is 4.72 Å². The van der Waals surface area contributed by atoms with Crippen LogP contribution in [0.1, 0.15) is 32.1 Å². The van der Waals surface area contributed by atoms with Crippen molar-refractivity contribution in [1.29, 1.82) is 0 Å². The second kappa shape index (κ2) is 8.29. The molecule has 0 unspecified atom stereocenters. The van der Waals surface area contributed by atoms with Crippen LogP contribution in [-0.4, -0.2) is 15.0 Å². The summed E-state index contributed by atoms with van der Waals surface area (Å²) in [7, 11) is -3.92. The predicted octanol–water partition coefficient (Wildman–Crippen LogP) is 4.59. The second-order valence-electron chi connectivity index (χ2n) is 7.44. The third-order valence-corrected chi connectivity index (χ3v) is 6.76. The SMILES string of the molecule is O=c1oc2ccccc2c(NCC2CCCCC2)c1NS(=O)(=O)c1ccccc1. The normalized spacial score (nSPS) is 15.3. The van der Waals surface area contributed by atoms with Crippen LogP contribution in [0.2, 0.25) is 0 Å². The van der Waals surface area contributed by atoms with Gasteiger partial charge in [0.15, 0.2) is 5.69 Å². The van der Waals surface area contributed by atoms with Crippen LogP contribution in [0.3, 0.4) is 0 Å². The zero-order valence-electron chi connectivity index (χ0n) is 16.1. The maximum absolute atomic E-state index is 12.8. The molecule has 1 heterocycles. The van der Waals surface area contributed by atoms with Gasteiger partial charge in [0.1, 0.15) is 5.58 Å². The van der Waals surface area contributed by atoms with Crippen LogP contribution in [0, 0.1) is 5.92 Å². The minimum atomic E-state index is -3.92. The topological polar surface area (TPSA) is 88.4 Å². The summed E-state index contributed by atoms with van der Waals surface area (Å²) >= 11 is 0. The Labute approximate surface area is 170 Å². The first-order valence-corrected chi connectivity index (χ1v) is 11.4. The van der Waals surface area contributed by atoms with Crippen molar-refractivity contribution in [3.63, 3.8) is 0 Å². The van der Waals surface area contributed by atoms with E-state index in [1.165, 1.54) is 31.4 Å². The molecule has 1 fully saturated rings. The van der Waals surface area contributed by atoms with E-state index in [1.54, 1.807) is 30.3 Å². The number of fused-ring (bicyclic) bond motifs is 1. The fourth-order valence-corrected chi connectivity index (χ4v) is 4.94. The Morgan fingerprint density at radius 1 is 0.897 bits per heavy atom. The van der Waals surface area contributed by atoms with Gasteiger partial charge in [-0.05, 0) is 43.0 Å². The first-order valence-electron chi connectivity index (χ1n) is 9.92. The molecule has 0 spiro atoms. The molecule has 7 heteroatoms. The lowest BCUT2D eigenvalue weighted by atomic mass is 9.89. The van der Waals surface area contributed by atoms with Crippen molar-refractivity contribution < 1.29 is 12.8 Å². The highest BCUT2D eigenvalue weighted by atomic mass is 32.2. The van der Waals surface area contributed by atoms with Crippen molar-refractivity contribution in [2.45, 2.75) is 37.0 Å². The number of hydrogen-bond acceptors (Lipinski definition) is 5. The largest absolute Gasteiger partial charge is 0.421 e. The van der Waals surface area contributed by atoms with Gasteiger partial charge in [0, 0.05) is 11.9 Å². The first kappa shape index (κ1) is 19.5. The van der Waals surface area contributed by atoms with Crippen molar-refractivity contribution in [3.8, 4) is 0 Å². The smallest absolute Gasteiger partial charge is 0.363 e. The predicted molar refractivity (Wildman–Crippen MR) is 115 cm³/mol. The highest BCUT2D eigenvalue weighted by molar-refractivity contribution is 7.92. The van der Waals surface area contributed by atoms with E-state index in [-0.39, 0.29) is 10.6 Å². The highest BCUT2D eigenvalue weighted by Gasteiger charge is 2.22. The summed E-state index contributed by atoms with van der Waals surface area (Å²) in [5.74, 6) is 0.508. The molecule has 1 aliphatic carbocycles. The van der Waals surface area contributed by atoms with Gasteiger partial charge in [0.25, 0.3) is 10.0 Å². The number of sulfonamides is 1. The quantitative estimate of drug-likeness (QED) is 0.578. The van der Waals surface area contributed by atoms with Crippen molar-refractivity contribution in [2.24, 2.45) is 5.92 Å². The number of para-hydroxylation sites is 1. The molecule has 1 aliphatic rings. The average Bonchev–Trinajstić information content (AvgIpc) is 2.75. The molecular weight excluding hydrogens is 388 g/mol. The molecule has 2 N–H and O–H groups in total. The van der Waals surface area contributed by atoms with Gasteiger partial charge in [0.2, 0.25) is 0 Å². The van der Waals surface area contributed by atoms with Crippen molar-refractivity contribution >= 4 is 32.4 Å². The summed E-state index contributed by atoms with van der Waals surface area (Å²) in [6.07, 6.45) is 5.94. The number of benzene rings is 2. The molecular formula is C22H24N2O4S. The van der Waals surface area contributed by atoms with Crippen molar-refractivity contribution in [2.75, 3.05) is 16.6 Å². The van der Waals surface area contributed by atoms with Crippen LogP contribution in [0.5, 0.6) is 0 Å². The summed E-state index contributed by atoms with van der Waals surface area (Å²) in [6, 6.07) is 15.1. The van der Waals surface area contributed by atoms with Gasteiger partial charge >= 0.3 is 5.63 Å². The number of anilines is 2. The molecule has 1 saturated carbocycles. The molecule has 0 amide bonds. The van der Waals surface area contributed by atoms with Gasteiger partial charge in [-0.1, -0.05) is 49.6 Å². The van der Waals surface area contributed by atoms with E-state index < -0.39 is 15.6 Å². The zero-order chi connectivity index (χ0) is 20.3. The summed E-state index contributed by atoms with van der Waals surface area (Å²) in [6.45, 7) is 0.688. The molecule has 4 rings (SSSR count). The lowest BCUT2D eigenvalue weighted by molar-refractivity contribution is 0.373. The van der Waals surface area contributed by atoms with Crippen molar-refractivity contribution in [3.05, 3.63) is 65.0 Å². The molecule has 29 heavy (non-hydrogen) atoms. The molecule has 0 aliphatic heterocycles. The monoisotopic (exact) mass is 412 g/mol. The van der Waals surface area contributed by atoms with E-state index in [1.807, 2.05) is 12.1 Å². The van der Waals surface area contributed by atoms with Gasteiger partial charge in [-0.2, -0.15) is 0 Å². The van der Waals surface area contributed by atoms with Crippen LogP contribution >= 0.6 is 0 Å². The molecule has 152 valence electrons. The minimum Gasteiger partial charge on any atom is -0.421 e. The Morgan fingerprint density at radius 2 is 1.59 bits per heavy atom. The molecule has 0 radical (unpaired) electrons. The Hall–Kier alpha value is -2.80. The third kappa shape index (κ3) is 4.29. The number of rotatable bonds is 6. The van der Waals surface area contributed by atoms with Crippen LogP contribution < -0.4 is 15.7 Å². The average molecular weight is 413 g/mol. The van der Waals surface area contributed by atoms with Gasteiger partial charge < -0.3 is 9.73 Å². The maximum atomic E-state index is 12.8. The van der Waals surface area contributed by atoms with E-state index in [9.17, 15) is 13.2 Å². The molecule has 3 aromatic rings. The van der Waals surface area contributed by atoms with Crippen molar-refractivity contribution in [1.82, 2.24) is 0 Å². The van der Waals surface area contributed by atoms with Crippen LogP contribution in [0.25, 0.3) is 11.0 Å². The Balaban J connectivity index is 1.74. The van der Waals surface area contributed by atoms with Gasteiger partial charge in [0.05, 0.1) is 10.6 Å². The minimum absolute atomic E-state index is 0.0802. The van der Waals surface area contributed by atoms with Crippen LogP contribution in [0.4, 0.5) is 11.4 Å². The molecule has 0 bridgehead atoms. The fourth-order valence-electron chi connectivity index (χ4n) is 3.86. The van der Waals surface area contributed by atoms with Gasteiger partial charge in [-0.25, -0.2) is 13.2 Å². The lowest BCUT2D eigenvalue weighted by Gasteiger charge is -2.23. The molecule has 2 aromatic carbocycles. The molecule has 1 aromatic heterocycles. The van der Waals surface area contributed by atoms with E-state index in [0.717, 1.165) is 12.8 Å². The van der Waals surface area contributed by atoms with E-state index >= 15 is 0 Å². The zero-order valence-corrected chi connectivity index (χ0v) is 16.9. The van der Waals surface area contributed by atoms with E-state index in [4.69, 9.17) is 4.42 Å². The lowest BCUT2D eigenvalue weighted by Crippen LogP contribution is -2.23. The molecule has 0 atom stereocenters. The Kier molecular flexibility index (Phi) is 5.58. The van der Waals surface area contributed by atoms with Crippen LogP contribution in [-0.2, 0) is 10.0 Å². The molecule has 0 saturated heterocycles. The van der Waals surface area contributed by atoms with E-state index in [2.05, 4.69) is 10.0 Å². The van der Waals surface area contributed by atoms with Gasteiger partial charge in [-0.15, -0.1) is 0 Å². The maximum Gasteiger partial charge on any atom is 0.363 e. The summed E-state index contributed by atoms with van der Waals surface area (Å²) in [5.41, 5.74) is 0.103. The highest BCUT2D eigenvalue weighted by Crippen LogP contribution is 2.31. The van der Waals surface area contributed by atoms with E-state index in [0.29, 0.717) is 29.1 Å². The fraction of sp³-hybridized carbons (Fsp3) is 0.318. The first-order chi connectivity index (χ1) is 14.0. The Morgan fingerprint density at radius 3 is 2.34 bits per heavy atom. The summed E-state index contributed by atoms with van der Waals surface area (Å²) in [5, 5.41) is 4.03. The number of hydrogen-bond donors (Lipinski definition) is 2. The summed E-state index contributed by atoms with van der Waals surface area (Å²) < 4.78 is 33.5. The Bertz CT molecular complexity index is 1150. The third-order valence-electron chi connectivity index (χ3n) is 5.40. The molecule has 6 nitrogen and oxygen atoms in total. The second-order valence-corrected chi connectivity index (χ2v) is 9.12. The standard InChI is InChI=1S/C22H24N2O4S/c25-22-21(24-29(26,27)17-11-5-2-6-12-17)20(18-13-7-8-14-19(18)28-22)23-15-16-9-3-1-4-10-16/h2,5-8,11-14,16,23-24H,1,3-4,9-10,15H2.